The molecule has 0 atom stereocenters. The minimum atomic E-state index is 0.181. The van der Waals surface area contributed by atoms with E-state index < -0.39 is 0 Å². The second-order valence-electron chi connectivity index (χ2n) is 5.02. The largest absolute Gasteiger partial charge is 0.384 e. The van der Waals surface area contributed by atoms with E-state index in [1.165, 1.54) is 5.56 Å². The summed E-state index contributed by atoms with van der Waals surface area (Å²) >= 11 is 0. The molecule has 1 aromatic heterocycles. The van der Waals surface area contributed by atoms with Gasteiger partial charge in [0.1, 0.15) is 5.82 Å². The molecule has 1 heterocycles. The molecule has 3 heteroatoms. The zero-order valence-corrected chi connectivity index (χ0v) is 9.91. The van der Waals surface area contributed by atoms with E-state index in [1.54, 1.807) is 6.20 Å². The monoisotopic (exact) mass is 215 g/mol. The van der Waals surface area contributed by atoms with E-state index in [4.69, 9.17) is 5.73 Å². The lowest BCUT2D eigenvalue weighted by Gasteiger charge is -2.19. The normalized spacial score (nSPS) is 11.7. The molecule has 0 aliphatic carbocycles. The summed E-state index contributed by atoms with van der Waals surface area (Å²) in [5.74, 6) is 0.614. The molecule has 84 valence electrons. The van der Waals surface area contributed by atoms with Gasteiger partial charge >= 0.3 is 0 Å². The lowest BCUT2D eigenvalue weighted by Crippen LogP contribution is -2.10. The number of rotatable bonds is 1. The van der Waals surface area contributed by atoms with Crippen LogP contribution in [0.1, 0.15) is 26.3 Å². The highest BCUT2D eigenvalue weighted by atomic mass is 15.1. The smallest absolute Gasteiger partial charge is 0.126 e. The van der Waals surface area contributed by atoms with Crippen molar-refractivity contribution < 1.29 is 0 Å². The van der Waals surface area contributed by atoms with Crippen LogP contribution in [0.2, 0.25) is 0 Å². The third kappa shape index (κ3) is 1.94. The van der Waals surface area contributed by atoms with Gasteiger partial charge in [-0.05, 0) is 16.5 Å². The fourth-order valence-corrected chi connectivity index (χ4v) is 1.68. The van der Waals surface area contributed by atoms with Crippen molar-refractivity contribution >= 4 is 5.82 Å². The van der Waals surface area contributed by atoms with E-state index in [-0.39, 0.29) is 5.41 Å². The number of nitrogens with one attached hydrogen (secondary N) is 1. The second kappa shape index (κ2) is 3.67. The Bertz CT molecular complexity index is 475. The van der Waals surface area contributed by atoms with Crippen molar-refractivity contribution in [2.45, 2.75) is 26.2 Å². The highest BCUT2D eigenvalue weighted by Crippen LogP contribution is 2.27. The molecular formula is C13H17N3. The van der Waals surface area contributed by atoms with Crippen LogP contribution in [-0.2, 0) is 5.41 Å². The molecule has 1 aromatic carbocycles. The van der Waals surface area contributed by atoms with Crippen LogP contribution in [0.5, 0.6) is 0 Å². The zero-order chi connectivity index (χ0) is 11.8. The van der Waals surface area contributed by atoms with Gasteiger partial charge in [-0.2, -0.15) is 5.10 Å². The molecule has 3 N–H and O–H groups in total. The first-order chi connectivity index (χ1) is 7.48. The minimum Gasteiger partial charge on any atom is -0.384 e. The number of H-pyrrole nitrogens is 1. The number of aromatic amines is 1. The lowest BCUT2D eigenvalue weighted by atomic mass is 9.86. The van der Waals surface area contributed by atoms with E-state index in [0.29, 0.717) is 5.82 Å². The number of nitrogens with two attached hydrogens (primary N) is 1. The maximum atomic E-state index is 5.78. The Kier molecular flexibility index (Phi) is 2.46. The van der Waals surface area contributed by atoms with Crippen molar-refractivity contribution in [3.63, 3.8) is 0 Å². The van der Waals surface area contributed by atoms with Crippen LogP contribution < -0.4 is 5.73 Å². The molecule has 0 spiro atoms. The summed E-state index contributed by atoms with van der Waals surface area (Å²) < 4.78 is 0. The summed E-state index contributed by atoms with van der Waals surface area (Å²) in [4.78, 5) is 0. The van der Waals surface area contributed by atoms with Gasteiger partial charge in [-0.15, -0.1) is 0 Å². The van der Waals surface area contributed by atoms with Crippen LogP contribution in [0.15, 0.2) is 30.5 Å². The topological polar surface area (TPSA) is 54.7 Å². The maximum absolute atomic E-state index is 5.78. The van der Waals surface area contributed by atoms with Crippen LogP contribution >= 0.6 is 0 Å². The van der Waals surface area contributed by atoms with Crippen LogP contribution in [0, 0.1) is 0 Å². The molecule has 0 aliphatic rings. The van der Waals surface area contributed by atoms with Crippen molar-refractivity contribution in [1.29, 1.82) is 0 Å². The number of hydrogen-bond donors (Lipinski definition) is 2. The van der Waals surface area contributed by atoms with Crippen molar-refractivity contribution in [1.82, 2.24) is 10.2 Å². The molecule has 3 nitrogen and oxygen atoms in total. The van der Waals surface area contributed by atoms with E-state index in [2.05, 4.69) is 55.2 Å². The summed E-state index contributed by atoms with van der Waals surface area (Å²) in [6.07, 6.45) is 1.75. The minimum absolute atomic E-state index is 0.181. The second-order valence-corrected chi connectivity index (χ2v) is 5.02. The Balaban J connectivity index is 2.37. The van der Waals surface area contributed by atoms with Crippen LogP contribution in [-0.4, -0.2) is 10.2 Å². The first-order valence-corrected chi connectivity index (χ1v) is 5.38. The fourth-order valence-electron chi connectivity index (χ4n) is 1.68. The molecule has 0 aliphatic heterocycles. The quantitative estimate of drug-likeness (QED) is 0.768. The first kappa shape index (κ1) is 10.7. The van der Waals surface area contributed by atoms with E-state index in [9.17, 15) is 0 Å². The van der Waals surface area contributed by atoms with E-state index in [1.807, 2.05) is 0 Å². The summed E-state index contributed by atoms with van der Waals surface area (Å²) in [6.45, 7) is 6.61. The Hall–Kier alpha value is -1.77. The Morgan fingerprint density at radius 3 is 2.19 bits per heavy atom. The fraction of sp³-hybridized carbons (Fsp3) is 0.308. The first-order valence-electron chi connectivity index (χ1n) is 5.38. The Morgan fingerprint density at radius 1 is 1.12 bits per heavy atom. The molecule has 0 unspecified atom stereocenters. The number of nitrogens with zero attached hydrogens (tertiary/aromatic N) is 1. The highest BCUT2D eigenvalue weighted by Gasteiger charge is 2.13. The van der Waals surface area contributed by atoms with Gasteiger partial charge in [-0.3, -0.25) is 5.10 Å². The van der Waals surface area contributed by atoms with Gasteiger partial charge in [-0.1, -0.05) is 45.0 Å². The van der Waals surface area contributed by atoms with Gasteiger partial charge < -0.3 is 5.73 Å². The number of hydrogen-bond acceptors (Lipinski definition) is 2. The van der Waals surface area contributed by atoms with E-state index in [0.717, 1.165) is 11.1 Å². The molecule has 0 saturated heterocycles. The number of anilines is 1. The Labute approximate surface area is 95.7 Å². The predicted octanol–water partition coefficient (Wildman–Crippen LogP) is 2.96. The van der Waals surface area contributed by atoms with Gasteiger partial charge in [0.15, 0.2) is 0 Å². The van der Waals surface area contributed by atoms with Gasteiger partial charge in [0.2, 0.25) is 0 Å². The van der Waals surface area contributed by atoms with E-state index >= 15 is 0 Å². The third-order valence-corrected chi connectivity index (χ3v) is 2.73. The molecule has 0 amide bonds. The summed E-state index contributed by atoms with van der Waals surface area (Å²) in [5, 5.41) is 6.66. The average Bonchev–Trinajstić information content (AvgIpc) is 2.63. The average molecular weight is 215 g/mol. The highest BCUT2D eigenvalue weighted by molar-refractivity contribution is 5.73. The molecule has 2 rings (SSSR count). The summed E-state index contributed by atoms with van der Waals surface area (Å²) in [6, 6.07) is 8.45. The van der Waals surface area contributed by atoms with Crippen LogP contribution in [0.25, 0.3) is 11.1 Å². The molecule has 0 bridgehead atoms. The van der Waals surface area contributed by atoms with Gasteiger partial charge in [0, 0.05) is 5.56 Å². The van der Waals surface area contributed by atoms with Crippen molar-refractivity contribution in [2.24, 2.45) is 0 Å². The van der Waals surface area contributed by atoms with Crippen molar-refractivity contribution in [3.8, 4) is 11.1 Å². The Morgan fingerprint density at radius 2 is 1.75 bits per heavy atom. The SMILES string of the molecule is CC(C)(C)c1ccc(-c2cn[nH]c2N)cc1. The number of benzene rings is 1. The summed E-state index contributed by atoms with van der Waals surface area (Å²) in [5.41, 5.74) is 9.33. The molecule has 16 heavy (non-hydrogen) atoms. The van der Waals surface area contributed by atoms with Crippen molar-refractivity contribution in [3.05, 3.63) is 36.0 Å². The predicted molar refractivity (Wildman–Crippen MR) is 67.1 cm³/mol. The molecule has 0 radical (unpaired) electrons. The number of aromatic nitrogens is 2. The van der Waals surface area contributed by atoms with Crippen LogP contribution in [0.3, 0.4) is 0 Å². The van der Waals surface area contributed by atoms with Crippen LogP contribution in [0.4, 0.5) is 5.82 Å². The number of nitrogen functional groups attached to an aromatic ring is 1. The molecular weight excluding hydrogens is 198 g/mol. The standard InChI is InChI=1S/C13H17N3/c1-13(2,3)10-6-4-9(5-7-10)11-8-15-16-12(11)14/h4-8H,1-3H3,(H3,14,15,16). The summed E-state index contributed by atoms with van der Waals surface area (Å²) in [7, 11) is 0. The molecule has 0 fully saturated rings. The van der Waals surface area contributed by atoms with Crippen molar-refractivity contribution in [2.75, 3.05) is 5.73 Å². The van der Waals surface area contributed by atoms with Gasteiger partial charge in [0.25, 0.3) is 0 Å². The molecule has 0 saturated carbocycles. The third-order valence-electron chi connectivity index (χ3n) is 2.73. The van der Waals surface area contributed by atoms with Gasteiger partial charge in [-0.25, -0.2) is 0 Å². The zero-order valence-electron chi connectivity index (χ0n) is 9.91. The van der Waals surface area contributed by atoms with Gasteiger partial charge in [0.05, 0.1) is 6.20 Å². The lowest BCUT2D eigenvalue weighted by molar-refractivity contribution is 0.590. The molecule has 2 aromatic rings. The maximum Gasteiger partial charge on any atom is 0.126 e.